The maximum absolute atomic E-state index is 13.5. The van der Waals surface area contributed by atoms with Gasteiger partial charge in [0.2, 0.25) is 5.91 Å². The van der Waals surface area contributed by atoms with Gasteiger partial charge in [0.25, 0.3) is 10.0 Å². The van der Waals surface area contributed by atoms with Gasteiger partial charge in [-0.15, -0.1) is 0 Å². The summed E-state index contributed by atoms with van der Waals surface area (Å²) in [6.07, 6.45) is 0. The third kappa shape index (κ3) is 5.78. The number of carbonyl (C=O) groups excluding carboxylic acids is 1. The third-order valence-corrected chi connectivity index (χ3v) is 7.48. The van der Waals surface area contributed by atoms with Crippen LogP contribution in [0.1, 0.15) is 5.56 Å². The fourth-order valence-corrected chi connectivity index (χ4v) is 5.18. The summed E-state index contributed by atoms with van der Waals surface area (Å²) in [4.78, 5) is 12.9. The van der Waals surface area contributed by atoms with E-state index in [-0.39, 0.29) is 24.6 Å². The van der Waals surface area contributed by atoms with Gasteiger partial charge in [0.1, 0.15) is 24.7 Å². The summed E-state index contributed by atoms with van der Waals surface area (Å²) in [5.41, 5.74) is 1.30. The predicted molar refractivity (Wildman–Crippen MR) is 141 cm³/mol. The number of nitrogens with one attached hydrogen (secondary N) is 1. The smallest absolute Gasteiger partial charge is 0.264 e. The van der Waals surface area contributed by atoms with Gasteiger partial charge in [0.05, 0.1) is 24.2 Å². The zero-order valence-electron chi connectivity index (χ0n) is 20.2. The SMILES string of the molecule is COc1ccc(N(CC(=O)NCCOc2cccc3ccccc23)S(=O)(=O)c2ccc(C)cc2)cc1. The molecule has 186 valence electrons. The molecule has 0 spiro atoms. The van der Waals surface area contributed by atoms with Gasteiger partial charge in [0.15, 0.2) is 0 Å². The number of rotatable bonds is 10. The summed E-state index contributed by atoms with van der Waals surface area (Å²) in [5.74, 6) is 0.869. The zero-order valence-corrected chi connectivity index (χ0v) is 21.0. The maximum atomic E-state index is 13.5. The lowest BCUT2D eigenvalue weighted by Crippen LogP contribution is -2.41. The van der Waals surface area contributed by atoms with Crippen LogP contribution in [0.5, 0.6) is 11.5 Å². The Morgan fingerprint density at radius 3 is 2.31 bits per heavy atom. The van der Waals surface area contributed by atoms with Crippen molar-refractivity contribution < 1.29 is 22.7 Å². The Bertz CT molecular complexity index is 1430. The zero-order chi connectivity index (χ0) is 25.5. The normalized spacial score (nSPS) is 11.2. The number of sulfonamides is 1. The number of carbonyl (C=O) groups is 1. The van der Waals surface area contributed by atoms with Crippen LogP contribution in [0.2, 0.25) is 0 Å². The molecule has 0 heterocycles. The Kier molecular flexibility index (Phi) is 7.75. The summed E-state index contributed by atoms with van der Waals surface area (Å²) < 4.78 is 39.1. The quantitative estimate of drug-likeness (QED) is 0.321. The summed E-state index contributed by atoms with van der Waals surface area (Å²) >= 11 is 0. The number of benzene rings is 4. The van der Waals surface area contributed by atoms with Crippen LogP contribution in [0, 0.1) is 6.92 Å². The van der Waals surface area contributed by atoms with Crippen molar-refractivity contribution in [2.75, 3.05) is 31.1 Å². The number of fused-ring (bicyclic) bond motifs is 1. The number of hydrogen-bond acceptors (Lipinski definition) is 5. The standard InChI is InChI=1S/C28H28N2O5S/c1-21-10-16-25(17-11-21)36(32,33)30(23-12-14-24(34-2)15-13-23)20-28(31)29-18-19-35-27-9-5-7-22-6-3-4-8-26(22)27/h3-17H,18-20H2,1-2H3,(H,29,31). The molecule has 0 aromatic heterocycles. The van der Waals surface area contributed by atoms with Crippen LogP contribution in [0.25, 0.3) is 10.8 Å². The molecule has 0 aliphatic carbocycles. The number of anilines is 1. The molecule has 0 radical (unpaired) electrons. The molecule has 4 rings (SSSR count). The largest absolute Gasteiger partial charge is 0.497 e. The number of aryl methyl sites for hydroxylation is 1. The van der Waals surface area contributed by atoms with E-state index in [9.17, 15) is 13.2 Å². The topological polar surface area (TPSA) is 84.9 Å². The third-order valence-electron chi connectivity index (χ3n) is 5.69. The van der Waals surface area contributed by atoms with Crippen LogP contribution in [-0.2, 0) is 14.8 Å². The van der Waals surface area contributed by atoms with E-state index in [1.165, 1.54) is 19.2 Å². The highest BCUT2D eigenvalue weighted by molar-refractivity contribution is 7.92. The molecular weight excluding hydrogens is 476 g/mol. The van der Waals surface area contributed by atoms with Crippen molar-refractivity contribution in [3.63, 3.8) is 0 Å². The van der Waals surface area contributed by atoms with E-state index in [1.807, 2.05) is 49.4 Å². The summed E-state index contributed by atoms with van der Waals surface area (Å²) in [5, 5.41) is 4.81. The van der Waals surface area contributed by atoms with Gasteiger partial charge in [-0.3, -0.25) is 9.10 Å². The molecule has 1 N–H and O–H groups in total. The molecule has 0 fully saturated rings. The van der Waals surface area contributed by atoms with Gasteiger partial charge >= 0.3 is 0 Å². The average molecular weight is 505 g/mol. The Morgan fingerprint density at radius 2 is 1.58 bits per heavy atom. The van der Waals surface area contributed by atoms with Gasteiger partial charge in [-0.1, -0.05) is 54.1 Å². The minimum absolute atomic E-state index is 0.107. The number of hydrogen-bond donors (Lipinski definition) is 1. The van der Waals surface area contributed by atoms with Crippen molar-refractivity contribution >= 4 is 32.4 Å². The van der Waals surface area contributed by atoms with E-state index < -0.39 is 15.9 Å². The van der Waals surface area contributed by atoms with Crippen LogP contribution in [-0.4, -0.2) is 41.1 Å². The molecule has 4 aromatic carbocycles. The van der Waals surface area contributed by atoms with Crippen molar-refractivity contribution in [2.24, 2.45) is 0 Å². The summed E-state index contributed by atoms with van der Waals surface area (Å²) in [6, 6.07) is 26.8. The van der Waals surface area contributed by atoms with E-state index >= 15 is 0 Å². The fourth-order valence-electron chi connectivity index (χ4n) is 3.76. The van der Waals surface area contributed by atoms with Gasteiger partial charge in [-0.05, 0) is 54.8 Å². The molecule has 4 aromatic rings. The summed E-state index contributed by atoms with van der Waals surface area (Å²) in [6.45, 7) is 1.97. The first kappa shape index (κ1) is 25.1. The molecule has 7 nitrogen and oxygen atoms in total. The second-order valence-corrected chi connectivity index (χ2v) is 10.1. The number of amides is 1. The molecule has 1 amide bonds. The van der Waals surface area contributed by atoms with Crippen LogP contribution in [0.4, 0.5) is 5.69 Å². The maximum Gasteiger partial charge on any atom is 0.264 e. The Labute approximate surface area is 211 Å². The lowest BCUT2D eigenvalue weighted by Gasteiger charge is -2.24. The van der Waals surface area contributed by atoms with Crippen molar-refractivity contribution in [1.29, 1.82) is 0 Å². The second-order valence-electron chi connectivity index (χ2n) is 8.20. The van der Waals surface area contributed by atoms with Gasteiger partial charge < -0.3 is 14.8 Å². The highest BCUT2D eigenvalue weighted by Crippen LogP contribution is 2.26. The van der Waals surface area contributed by atoms with Crippen molar-refractivity contribution in [3.8, 4) is 11.5 Å². The van der Waals surface area contributed by atoms with E-state index in [0.29, 0.717) is 11.4 Å². The van der Waals surface area contributed by atoms with Crippen LogP contribution >= 0.6 is 0 Å². The van der Waals surface area contributed by atoms with Gasteiger partial charge in [0, 0.05) is 5.39 Å². The molecule has 0 atom stereocenters. The van der Waals surface area contributed by atoms with Gasteiger partial charge in [-0.25, -0.2) is 8.42 Å². The van der Waals surface area contributed by atoms with Crippen molar-refractivity contribution in [2.45, 2.75) is 11.8 Å². The number of nitrogens with zero attached hydrogens (tertiary/aromatic N) is 1. The molecular formula is C28H28N2O5S. The van der Waals surface area contributed by atoms with Crippen LogP contribution in [0.15, 0.2) is 95.9 Å². The predicted octanol–water partition coefficient (Wildman–Crippen LogP) is 4.55. The van der Waals surface area contributed by atoms with E-state index in [4.69, 9.17) is 9.47 Å². The molecule has 8 heteroatoms. The molecule has 0 saturated carbocycles. The minimum atomic E-state index is -3.98. The number of methoxy groups -OCH3 is 1. The lowest BCUT2D eigenvalue weighted by atomic mass is 10.1. The van der Waals surface area contributed by atoms with Gasteiger partial charge in [-0.2, -0.15) is 0 Å². The summed E-state index contributed by atoms with van der Waals surface area (Å²) in [7, 11) is -2.45. The van der Waals surface area contributed by atoms with Crippen LogP contribution < -0.4 is 19.1 Å². The lowest BCUT2D eigenvalue weighted by molar-refractivity contribution is -0.119. The first-order chi connectivity index (χ1) is 17.4. The van der Waals surface area contributed by atoms with Crippen LogP contribution in [0.3, 0.4) is 0 Å². The molecule has 0 unspecified atom stereocenters. The molecule has 0 aliphatic heterocycles. The fraction of sp³-hybridized carbons (Fsp3) is 0.179. The first-order valence-electron chi connectivity index (χ1n) is 11.5. The van der Waals surface area contributed by atoms with Crippen molar-refractivity contribution in [1.82, 2.24) is 5.32 Å². The Hall–Kier alpha value is -4.04. The Balaban J connectivity index is 1.45. The van der Waals surface area contributed by atoms with Crippen molar-refractivity contribution in [3.05, 3.63) is 96.6 Å². The number of ether oxygens (including phenoxy) is 2. The highest BCUT2D eigenvalue weighted by atomic mass is 32.2. The average Bonchev–Trinajstić information content (AvgIpc) is 2.90. The Morgan fingerprint density at radius 1 is 0.889 bits per heavy atom. The molecule has 0 saturated heterocycles. The molecule has 0 aliphatic rings. The monoisotopic (exact) mass is 504 g/mol. The second kappa shape index (κ2) is 11.1. The van der Waals surface area contributed by atoms with E-state index in [1.54, 1.807) is 36.4 Å². The molecule has 36 heavy (non-hydrogen) atoms. The molecule has 0 bridgehead atoms. The first-order valence-corrected chi connectivity index (χ1v) is 12.9. The minimum Gasteiger partial charge on any atom is -0.497 e. The highest BCUT2D eigenvalue weighted by Gasteiger charge is 2.27. The van der Waals surface area contributed by atoms with E-state index in [0.717, 1.165) is 26.4 Å². The van der Waals surface area contributed by atoms with E-state index in [2.05, 4.69) is 5.32 Å².